The van der Waals surface area contributed by atoms with Crippen molar-refractivity contribution >= 4 is 45.9 Å². The first-order valence-corrected chi connectivity index (χ1v) is 5.37. The van der Waals surface area contributed by atoms with E-state index in [1.165, 1.54) is 0 Å². The van der Waals surface area contributed by atoms with E-state index in [0.717, 1.165) is 4.47 Å². The molecule has 13 heavy (non-hydrogen) atoms. The summed E-state index contributed by atoms with van der Waals surface area (Å²) in [5.41, 5.74) is 0.556. The van der Waals surface area contributed by atoms with Gasteiger partial charge in [0.2, 0.25) is 0 Å². The molecule has 0 heterocycles. The fourth-order valence-corrected chi connectivity index (χ4v) is 1.65. The maximum atomic E-state index is 11.5. The number of halogens is 2. The van der Waals surface area contributed by atoms with Gasteiger partial charge in [-0.2, -0.15) is 0 Å². The highest BCUT2D eigenvalue weighted by atomic mass is 79.9. The molecule has 1 unspecified atom stereocenters. The van der Waals surface area contributed by atoms with Crippen molar-refractivity contribution in [2.45, 2.75) is 17.2 Å². The third kappa shape index (κ3) is 2.73. The standard InChI is InChI=1S/C9H8BrClOS/c1-5(11)9(12)7-4-6(10)2-3-8(7)13/h2-5,13H,1H3. The number of Topliss-reactive ketones (excluding diaryl/α,β-unsaturated/α-hetero) is 1. The molecule has 0 radical (unpaired) electrons. The Balaban J connectivity index is 3.13. The number of thiol groups is 1. The summed E-state index contributed by atoms with van der Waals surface area (Å²) in [7, 11) is 0. The molecule has 0 bridgehead atoms. The second-order valence-corrected chi connectivity index (χ2v) is 4.69. The van der Waals surface area contributed by atoms with Gasteiger partial charge in [0, 0.05) is 14.9 Å². The number of hydrogen-bond donors (Lipinski definition) is 1. The lowest BCUT2D eigenvalue weighted by atomic mass is 10.1. The number of carbonyl (C=O) groups excluding carboxylic acids is 1. The first-order chi connectivity index (χ1) is 6.02. The van der Waals surface area contributed by atoms with Crippen LogP contribution in [0.4, 0.5) is 0 Å². The largest absolute Gasteiger partial charge is 0.292 e. The van der Waals surface area contributed by atoms with Gasteiger partial charge in [0.25, 0.3) is 0 Å². The number of carbonyl (C=O) groups is 1. The van der Waals surface area contributed by atoms with E-state index in [2.05, 4.69) is 28.6 Å². The van der Waals surface area contributed by atoms with Crippen molar-refractivity contribution in [3.8, 4) is 0 Å². The second-order valence-electron chi connectivity index (χ2n) is 2.64. The lowest BCUT2D eigenvalue weighted by Crippen LogP contribution is -2.11. The van der Waals surface area contributed by atoms with Gasteiger partial charge in [-0.25, -0.2) is 0 Å². The van der Waals surface area contributed by atoms with Crippen molar-refractivity contribution in [2.24, 2.45) is 0 Å². The van der Waals surface area contributed by atoms with Gasteiger partial charge in [0.1, 0.15) is 0 Å². The Hall–Kier alpha value is 0.01000. The van der Waals surface area contributed by atoms with Crippen LogP contribution in [0.15, 0.2) is 27.6 Å². The van der Waals surface area contributed by atoms with E-state index in [4.69, 9.17) is 11.6 Å². The number of rotatable bonds is 2. The minimum absolute atomic E-state index is 0.104. The molecule has 1 rings (SSSR count). The zero-order valence-corrected chi connectivity index (χ0v) is 10.2. The summed E-state index contributed by atoms with van der Waals surface area (Å²) in [6, 6.07) is 5.32. The molecule has 0 aromatic heterocycles. The van der Waals surface area contributed by atoms with Gasteiger partial charge >= 0.3 is 0 Å². The molecular weight excluding hydrogens is 272 g/mol. The van der Waals surface area contributed by atoms with Crippen LogP contribution in [0.2, 0.25) is 0 Å². The predicted molar refractivity (Wildman–Crippen MR) is 61.0 cm³/mol. The monoisotopic (exact) mass is 278 g/mol. The van der Waals surface area contributed by atoms with E-state index in [-0.39, 0.29) is 5.78 Å². The molecule has 1 nitrogen and oxygen atoms in total. The zero-order chi connectivity index (χ0) is 10.0. The van der Waals surface area contributed by atoms with E-state index in [1.54, 1.807) is 19.1 Å². The zero-order valence-electron chi connectivity index (χ0n) is 6.92. The molecule has 0 fully saturated rings. The summed E-state index contributed by atoms with van der Waals surface area (Å²) >= 11 is 13.2. The summed E-state index contributed by atoms with van der Waals surface area (Å²) in [6.07, 6.45) is 0. The van der Waals surface area contributed by atoms with Gasteiger partial charge in [-0.15, -0.1) is 24.2 Å². The Morgan fingerprint density at radius 2 is 2.23 bits per heavy atom. The van der Waals surface area contributed by atoms with Crippen molar-refractivity contribution in [2.75, 3.05) is 0 Å². The predicted octanol–water partition coefficient (Wildman–Crippen LogP) is 3.55. The van der Waals surface area contributed by atoms with Crippen molar-refractivity contribution in [1.82, 2.24) is 0 Å². The number of hydrogen-bond acceptors (Lipinski definition) is 2. The van der Waals surface area contributed by atoms with Gasteiger partial charge in [-0.3, -0.25) is 4.79 Å². The fourth-order valence-electron chi connectivity index (χ4n) is 0.920. The Morgan fingerprint density at radius 3 is 2.77 bits per heavy atom. The average Bonchev–Trinajstić information content (AvgIpc) is 2.08. The molecule has 0 spiro atoms. The maximum Gasteiger partial charge on any atom is 0.181 e. The second kappa shape index (κ2) is 4.49. The molecule has 1 atom stereocenters. The molecule has 0 aliphatic heterocycles. The third-order valence-electron chi connectivity index (χ3n) is 1.59. The molecule has 0 saturated heterocycles. The SMILES string of the molecule is CC(Cl)C(=O)c1cc(Br)ccc1S. The molecule has 1 aromatic rings. The summed E-state index contributed by atoms with van der Waals surface area (Å²) in [6.45, 7) is 1.65. The molecule has 0 saturated carbocycles. The van der Waals surface area contributed by atoms with Gasteiger partial charge in [-0.05, 0) is 25.1 Å². The van der Waals surface area contributed by atoms with Crippen molar-refractivity contribution in [1.29, 1.82) is 0 Å². The highest BCUT2D eigenvalue weighted by Crippen LogP contribution is 2.21. The Labute approximate surface area is 96.0 Å². The average molecular weight is 280 g/mol. The fraction of sp³-hybridized carbons (Fsp3) is 0.222. The van der Waals surface area contributed by atoms with Crippen LogP contribution in [-0.4, -0.2) is 11.2 Å². The molecule has 0 aliphatic carbocycles. The highest BCUT2D eigenvalue weighted by Gasteiger charge is 2.14. The van der Waals surface area contributed by atoms with Gasteiger partial charge in [0.15, 0.2) is 5.78 Å². The van der Waals surface area contributed by atoms with E-state index >= 15 is 0 Å². The quantitative estimate of drug-likeness (QED) is 0.498. The van der Waals surface area contributed by atoms with Crippen LogP contribution >= 0.6 is 40.2 Å². The molecule has 0 N–H and O–H groups in total. The summed E-state index contributed by atoms with van der Waals surface area (Å²) < 4.78 is 0.853. The molecule has 0 aliphatic rings. The van der Waals surface area contributed by atoms with Crippen LogP contribution in [0.25, 0.3) is 0 Å². The van der Waals surface area contributed by atoms with Crippen molar-refractivity contribution < 1.29 is 4.79 Å². The maximum absolute atomic E-state index is 11.5. The van der Waals surface area contributed by atoms with Crippen LogP contribution in [0, 0.1) is 0 Å². The van der Waals surface area contributed by atoms with Gasteiger partial charge < -0.3 is 0 Å². The van der Waals surface area contributed by atoms with Crippen LogP contribution in [0.3, 0.4) is 0 Å². The van der Waals surface area contributed by atoms with E-state index in [0.29, 0.717) is 10.5 Å². The minimum atomic E-state index is -0.514. The molecule has 1 aromatic carbocycles. The Kier molecular flexibility index (Phi) is 3.83. The smallest absolute Gasteiger partial charge is 0.181 e. The summed E-state index contributed by atoms with van der Waals surface area (Å²) in [5.74, 6) is -0.104. The van der Waals surface area contributed by atoms with E-state index in [9.17, 15) is 4.79 Å². The topological polar surface area (TPSA) is 17.1 Å². The Bertz CT molecular complexity index is 338. The lowest BCUT2D eigenvalue weighted by molar-refractivity contribution is 0.0989. The molecule has 0 amide bonds. The number of ketones is 1. The molecular formula is C9H8BrClOS. The minimum Gasteiger partial charge on any atom is -0.292 e. The van der Waals surface area contributed by atoms with Crippen molar-refractivity contribution in [3.63, 3.8) is 0 Å². The first kappa shape index (κ1) is 11.1. The normalized spacial score (nSPS) is 12.6. The van der Waals surface area contributed by atoms with Gasteiger partial charge in [-0.1, -0.05) is 15.9 Å². The van der Waals surface area contributed by atoms with Crippen molar-refractivity contribution in [3.05, 3.63) is 28.2 Å². The van der Waals surface area contributed by atoms with Crippen LogP contribution in [0.1, 0.15) is 17.3 Å². The van der Waals surface area contributed by atoms with E-state index < -0.39 is 5.38 Å². The highest BCUT2D eigenvalue weighted by molar-refractivity contribution is 9.10. The molecule has 4 heteroatoms. The third-order valence-corrected chi connectivity index (χ3v) is 2.67. The van der Waals surface area contributed by atoms with Crippen LogP contribution < -0.4 is 0 Å². The number of benzene rings is 1. The Morgan fingerprint density at radius 1 is 1.62 bits per heavy atom. The molecule has 70 valence electrons. The van der Waals surface area contributed by atoms with Crippen LogP contribution in [-0.2, 0) is 0 Å². The summed E-state index contributed by atoms with van der Waals surface area (Å²) in [4.78, 5) is 12.2. The van der Waals surface area contributed by atoms with E-state index in [1.807, 2.05) is 6.07 Å². The van der Waals surface area contributed by atoms with Gasteiger partial charge in [0.05, 0.1) is 5.38 Å². The lowest BCUT2D eigenvalue weighted by Gasteiger charge is -2.05. The summed E-state index contributed by atoms with van der Waals surface area (Å²) in [5, 5.41) is -0.514. The number of alkyl halides is 1. The first-order valence-electron chi connectivity index (χ1n) is 3.69. The van der Waals surface area contributed by atoms with Crippen LogP contribution in [0.5, 0.6) is 0 Å².